The van der Waals surface area contributed by atoms with E-state index in [0.29, 0.717) is 0 Å². The summed E-state index contributed by atoms with van der Waals surface area (Å²) >= 11 is 0. The van der Waals surface area contributed by atoms with Crippen LogP contribution in [0.15, 0.2) is 0 Å². The number of nitrogens with two attached hydrogens (primary N) is 1. The highest BCUT2D eigenvalue weighted by Crippen LogP contribution is 2.21. The molecule has 1 rings (SSSR count). The van der Waals surface area contributed by atoms with E-state index in [1.54, 1.807) is 7.05 Å². The maximum Gasteiger partial charge on any atom is 0.522 e. The maximum absolute atomic E-state index is 11.8. The van der Waals surface area contributed by atoms with E-state index in [2.05, 4.69) is 4.74 Å². The molecular weight excluding hydrogens is 221 g/mol. The van der Waals surface area contributed by atoms with Crippen LogP contribution >= 0.6 is 0 Å². The highest BCUT2D eigenvalue weighted by atomic mass is 19.4. The zero-order valence-electron chi connectivity index (χ0n) is 9.46. The van der Waals surface area contributed by atoms with Crippen molar-refractivity contribution >= 4 is 0 Å². The molecule has 0 amide bonds. The van der Waals surface area contributed by atoms with E-state index in [4.69, 9.17) is 5.73 Å². The van der Waals surface area contributed by atoms with Gasteiger partial charge >= 0.3 is 6.36 Å². The minimum Gasteiger partial charge on any atom is -0.326 e. The quantitative estimate of drug-likeness (QED) is 0.813. The van der Waals surface area contributed by atoms with E-state index in [0.717, 1.165) is 25.7 Å². The second-order valence-electron chi connectivity index (χ2n) is 4.29. The number of hydrogen-bond acceptors (Lipinski definition) is 3. The van der Waals surface area contributed by atoms with Gasteiger partial charge in [-0.2, -0.15) is 0 Å². The molecule has 3 nitrogen and oxygen atoms in total. The molecular formula is C10H19F3N2O. The molecule has 1 fully saturated rings. The zero-order chi connectivity index (χ0) is 12.2. The van der Waals surface area contributed by atoms with E-state index < -0.39 is 6.36 Å². The first-order valence-corrected chi connectivity index (χ1v) is 5.56. The minimum atomic E-state index is -4.53. The molecule has 0 bridgehead atoms. The molecule has 2 unspecified atom stereocenters. The van der Waals surface area contributed by atoms with Gasteiger partial charge in [-0.15, -0.1) is 13.2 Å². The zero-order valence-corrected chi connectivity index (χ0v) is 9.46. The van der Waals surface area contributed by atoms with Gasteiger partial charge in [0.25, 0.3) is 0 Å². The topological polar surface area (TPSA) is 38.5 Å². The fraction of sp³-hybridized carbons (Fsp3) is 1.00. The first kappa shape index (κ1) is 13.7. The molecule has 2 N–H and O–H groups in total. The normalized spacial score (nSPS) is 27.4. The van der Waals surface area contributed by atoms with Gasteiger partial charge in [-0.05, 0) is 19.9 Å². The Hall–Kier alpha value is -0.330. The minimum absolute atomic E-state index is 0.0737. The van der Waals surface area contributed by atoms with E-state index in [-0.39, 0.29) is 25.2 Å². The molecule has 0 spiro atoms. The van der Waals surface area contributed by atoms with E-state index in [1.807, 2.05) is 4.90 Å². The van der Waals surface area contributed by atoms with Crippen LogP contribution in [-0.4, -0.2) is 43.5 Å². The van der Waals surface area contributed by atoms with Crippen molar-refractivity contribution in [2.45, 2.75) is 44.1 Å². The Morgan fingerprint density at radius 3 is 2.50 bits per heavy atom. The summed E-state index contributed by atoms with van der Waals surface area (Å²) < 4.78 is 39.0. The summed E-state index contributed by atoms with van der Waals surface area (Å²) in [7, 11) is 1.80. The molecule has 16 heavy (non-hydrogen) atoms. The van der Waals surface area contributed by atoms with Crippen molar-refractivity contribution in [1.82, 2.24) is 4.90 Å². The number of alkyl halides is 3. The van der Waals surface area contributed by atoms with Crippen LogP contribution in [0.3, 0.4) is 0 Å². The number of likely N-dealkylation sites (N-methyl/N-ethyl adjacent to an activating group) is 1. The monoisotopic (exact) mass is 240 g/mol. The van der Waals surface area contributed by atoms with Crippen LogP contribution in [0.2, 0.25) is 0 Å². The van der Waals surface area contributed by atoms with Gasteiger partial charge in [-0.25, -0.2) is 0 Å². The summed E-state index contributed by atoms with van der Waals surface area (Å²) in [5, 5.41) is 0. The molecule has 0 aromatic rings. The van der Waals surface area contributed by atoms with Crippen molar-refractivity contribution in [1.29, 1.82) is 0 Å². The van der Waals surface area contributed by atoms with Gasteiger partial charge in [-0.1, -0.05) is 12.8 Å². The second-order valence-corrected chi connectivity index (χ2v) is 4.29. The van der Waals surface area contributed by atoms with Crippen LogP contribution in [0.4, 0.5) is 13.2 Å². The molecule has 96 valence electrons. The number of ether oxygens (including phenoxy) is 1. The molecule has 0 heterocycles. The lowest BCUT2D eigenvalue weighted by Crippen LogP contribution is -2.49. The largest absolute Gasteiger partial charge is 0.522 e. The Kier molecular flexibility index (Phi) is 5.01. The molecule has 0 saturated heterocycles. The van der Waals surface area contributed by atoms with E-state index >= 15 is 0 Å². The molecule has 1 saturated carbocycles. The molecule has 0 radical (unpaired) electrons. The lowest BCUT2D eigenvalue weighted by molar-refractivity contribution is -0.325. The number of halogens is 3. The van der Waals surface area contributed by atoms with E-state index in [1.165, 1.54) is 0 Å². The highest BCUT2D eigenvalue weighted by Gasteiger charge is 2.30. The smallest absolute Gasteiger partial charge is 0.326 e. The third-order valence-corrected chi connectivity index (χ3v) is 3.06. The Morgan fingerprint density at radius 1 is 1.31 bits per heavy atom. The van der Waals surface area contributed by atoms with Gasteiger partial charge in [-0.3, -0.25) is 9.64 Å². The Labute approximate surface area is 93.7 Å². The highest BCUT2D eigenvalue weighted by molar-refractivity contribution is 4.84. The average molecular weight is 240 g/mol. The van der Waals surface area contributed by atoms with Gasteiger partial charge in [0.05, 0.1) is 6.61 Å². The second kappa shape index (κ2) is 5.84. The van der Waals surface area contributed by atoms with Crippen molar-refractivity contribution in [3.05, 3.63) is 0 Å². The summed E-state index contributed by atoms with van der Waals surface area (Å²) in [6.07, 6.45) is -0.401. The van der Waals surface area contributed by atoms with Crippen LogP contribution in [0.25, 0.3) is 0 Å². The van der Waals surface area contributed by atoms with Crippen molar-refractivity contribution in [2.24, 2.45) is 5.73 Å². The molecule has 1 aliphatic rings. The maximum atomic E-state index is 11.8. The van der Waals surface area contributed by atoms with Gasteiger partial charge in [0.2, 0.25) is 0 Å². The lowest BCUT2D eigenvalue weighted by Gasteiger charge is -2.35. The summed E-state index contributed by atoms with van der Waals surface area (Å²) in [6, 6.07) is 0.259. The fourth-order valence-electron chi connectivity index (χ4n) is 2.16. The predicted molar refractivity (Wildman–Crippen MR) is 54.9 cm³/mol. The third-order valence-electron chi connectivity index (χ3n) is 3.06. The number of hydrogen-bond donors (Lipinski definition) is 1. The molecule has 2 atom stereocenters. The van der Waals surface area contributed by atoms with Crippen LogP contribution in [0.5, 0.6) is 0 Å². The van der Waals surface area contributed by atoms with Crippen LogP contribution in [0, 0.1) is 0 Å². The summed E-state index contributed by atoms with van der Waals surface area (Å²) in [6.45, 7) is -0.0684. The third kappa shape index (κ3) is 4.67. The molecule has 0 aliphatic heterocycles. The molecule has 1 aliphatic carbocycles. The van der Waals surface area contributed by atoms with Gasteiger partial charge in [0.15, 0.2) is 0 Å². The Balaban J connectivity index is 2.25. The van der Waals surface area contributed by atoms with Crippen LogP contribution < -0.4 is 5.73 Å². The summed E-state index contributed by atoms with van der Waals surface area (Å²) in [4.78, 5) is 1.87. The number of rotatable bonds is 4. The van der Waals surface area contributed by atoms with Crippen LogP contribution in [0.1, 0.15) is 25.7 Å². The van der Waals surface area contributed by atoms with Crippen molar-refractivity contribution in [2.75, 3.05) is 20.2 Å². The first-order chi connectivity index (χ1) is 7.40. The fourth-order valence-corrected chi connectivity index (χ4v) is 2.16. The van der Waals surface area contributed by atoms with Crippen LogP contribution in [-0.2, 0) is 4.74 Å². The SMILES string of the molecule is CN(CCOC(F)(F)F)C1CCCCC1N. The number of nitrogens with zero attached hydrogens (tertiary/aromatic N) is 1. The van der Waals surface area contributed by atoms with Gasteiger partial charge < -0.3 is 5.73 Å². The predicted octanol–water partition coefficient (Wildman–Crippen LogP) is 1.72. The molecule has 0 aromatic heterocycles. The van der Waals surface area contributed by atoms with Crippen molar-refractivity contribution < 1.29 is 17.9 Å². The standard InChI is InChI=1S/C10H19F3N2O/c1-15(6-7-16-10(11,12)13)9-5-3-2-4-8(9)14/h8-9H,2-7,14H2,1H3. The first-order valence-electron chi connectivity index (χ1n) is 5.56. The van der Waals surface area contributed by atoms with Gasteiger partial charge in [0.1, 0.15) is 0 Å². The lowest BCUT2D eigenvalue weighted by atomic mass is 9.90. The van der Waals surface area contributed by atoms with Gasteiger partial charge in [0, 0.05) is 18.6 Å². The Bertz CT molecular complexity index is 211. The van der Waals surface area contributed by atoms with Crippen molar-refractivity contribution in [3.63, 3.8) is 0 Å². The average Bonchev–Trinajstić information content (AvgIpc) is 2.16. The summed E-state index contributed by atoms with van der Waals surface area (Å²) in [5.41, 5.74) is 5.93. The summed E-state index contributed by atoms with van der Waals surface area (Å²) in [5.74, 6) is 0. The van der Waals surface area contributed by atoms with E-state index in [9.17, 15) is 13.2 Å². The molecule has 0 aromatic carbocycles. The molecule has 6 heteroatoms. The Morgan fingerprint density at radius 2 is 1.94 bits per heavy atom. The van der Waals surface area contributed by atoms with Crippen molar-refractivity contribution in [3.8, 4) is 0 Å².